The highest BCUT2D eigenvalue weighted by Crippen LogP contribution is 2.22. The topological polar surface area (TPSA) is 140 Å². The molecule has 0 radical (unpaired) electrons. The number of nitrogens with two attached hydrogens (primary N) is 1. The van der Waals surface area contributed by atoms with Crippen molar-refractivity contribution < 1.29 is 14.3 Å². The third-order valence-corrected chi connectivity index (χ3v) is 6.53. The lowest BCUT2D eigenvalue weighted by Gasteiger charge is -2.26. The van der Waals surface area contributed by atoms with Crippen LogP contribution in [0.15, 0.2) is 70.3 Å². The fourth-order valence-corrected chi connectivity index (χ4v) is 4.67. The van der Waals surface area contributed by atoms with Crippen LogP contribution >= 0.6 is 11.3 Å². The number of aromatic nitrogens is 3. The summed E-state index contributed by atoms with van der Waals surface area (Å²) in [6, 6.07) is 16.7. The van der Waals surface area contributed by atoms with E-state index in [1.807, 2.05) is 68.4 Å². The highest BCUT2D eigenvalue weighted by Gasteiger charge is 2.26. The molecule has 4 rings (SSSR count). The number of para-hydroxylation sites is 1. The van der Waals surface area contributed by atoms with Crippen LogP contribution in [-0.2, 0) is 20.9 Å². The molecule has 0 bridgehead atoms. The van der Waals surface area contributed by atoms with Crippen LogP contribution in [0.4, 0.5) is 11.5 Å². The second kappa shape index (κ2) is 11.7. The second-order valence-corrected chi connectivity index (χ2v) is 9.99. The van der Waals surface area contributed by atoms with Gasteiger partial charge in [0, 0.05) is 12.6 Å². The van der Waals surface area contributed by atoms with Crippen LogP contribution in [0.2, 0.25) is 0 Å². The SMILES string of the molecule is CC(C)CN(C(=O)COC(=O)/C=C\c1nc2ccccc2s1)c1c(N)n(Cc2ccccc2)c(=O)[nH]c1=O. The van der Waals surface area contributed by atoms with E-state index in [1.165, 1.54) is 28.1 Å². The lowest BCUT2D eigenvalue weighted by atomic mass is 10.2. The first-order chi connectivity index (χ1) is 18.2. The first-order valence-corrected chi connectivity index (χ1v) is 12.7. The van der Waals surface area contributed by atoms with Gasteiger partial charge >= 0.3 is 11.7 Å². The molecule has 3 N–H and O–H groups in total. The molecule has 0 fully saturated rings. The van der Waals surface area contributed by atoms with Gasteiger partial charge in [-0.1, -0.05) is 56.3 Å². The molecule has 2 aromatic carbocycles. The van der Waals surface area contributed by atoms with Crippen molar-refractivity contribution >= 4 is 51.0 Å². The molecule has 0 unspecified atom stereocenters. The Bertz CT molecular complexity index is 1570. The predicted octanol–water partition coefficient (Wildman–Crippen LogP) is 3.02. The van der Waals surface area contributed by atoms with Crippen LogP contribution in [0.5, 0.6) is 0 Å². The van der Waals surface area contributed by atoms with Crippen molar-refractivity contribution in [1.29, 1.82) is 0 Å². The molecule has 2 heterocycles. The lowest BCUT2D eigenvalue weighted by molar-refractivity contribution is -0.142. The van der Waals surface area contributed by atoms with Gasteiger partial charge in [-0.15, -0.1) is 11.3 Å². The number of carbonyl (C=O) groups is 2. The summed E-state index contributed by atoms with van der Waals surface area (Å²) in [5.74, 6) is -1.60. The highest BCUT2D eigenvalue weighted by molar-refractivity contribution is 7.19. The highest BCUT2D eigenvalue weighted by atomic mass is 32.1. The van der Waals surface area contributed by atoms with Gasteiger partial charge in [0.1, 0.15) is 10.8 Å². The molecule has 4 aromatic rings. The Kier molecular flexibility index (Phi) is 8.17. The summed E-state index contributed by atoms with van der Waals surface area (Å²) in [5.41, 5.74) is 6.22. The van der Waals surface area contributed by atoms with Gasteiger partial charge in [0.05, 0.1) is 16.8 Å². The van der Waals surface area contributed by atoms with Crippen molar-refractivity contribution in [3.63, 3.8) is 0 Å². The molecule has 0 aliphatic rings. The van der Waals surface area contributed by atoms with E-state index in [-0.39, 0.29) is 30.5 Å². The maximum atomic E-state index is 13.2. The van der Waals surface area contributed by atoms with Crippen molar-refractivity contribution in [2.45, 2.75) is 20.4 Å². The minimum atomic E-state index is -0.798. The Balaban J connectivity index is 1.52. The van der Waals surface area contributed by atoms with Gasteiger partial charge in [0.25, 0.3) is 11.5 Å². The number of nitrogen functional groups attached to an aromatic ring is 1. The summed E-state index contributed by atoms with van der Waals surface area (Å²) >= 11 is 1.42. The van der Waals surface area contributed by atoms with Gasteiger partial charge in [-0.25, -0.2) is 14.6 Å². The van der Waals surface area contributed by atoms with Crippen molar-refractivity contribution in [2.24, 2.45) is 5.92 Å². The minimum Gasteiger partial charge on any atom is -0.452 e. The summed E-state index contributed by atoms with van der Waals surface area (Å²) in [4.78, 5) is 58.6. The molecule has 2 aromatic heterocycles. The smallest absolute Gasteiger partial charge is 0.331 e. The van der Waals surface area contributed by atoms with Crippen molar-refractivity contribution in [3.05, 3.63) is 92.1 Å². The summed E-state index contributed by atoms with van der Waals surface area (Å²) in [6.45, 7) is 3.32. The number of H-pyrrole nitrogens is 1. The maximum absolute atomic E-state index is 13.2. The van der Waals surface area contributed by atoms with E-state index < -0.39 is 29.7 Å². The number of hydrogen-bond acceptors (Lipinski definition) is 8. The lowest BCUT2D eigenvalue weighted by Crippen LogP contribution is -2.44. The summed E-state index contributed by atoms with van der Waals surface area (Å²) in [7, 11) is 0. The predicted molar refractivity (Wildman–Crippen MR) is 148 cm³/mol. The van der Waals surface area contributed by atoms with E-state index in [0.717, 1.165) is 20.7 Å². The molecule has 10 nitrogen and oxygen atoms in total. The van der Waals surface area contributed by atoms with Gasteiger partial charge in [0.2, 0.25) is 0 Å². The summed E-state index contributed by atoms with van der Waals surface area (Å²) in [5, 5.41) is 0.621. The molecule has 0 saturated carbocycles. The number of esters is 1. The number of nitrogens with zero attached hydrogens (tertiary/aromatic N) is 3. The van der Waals surface area contributed by atoms with Crippen LogP contribution in [0.3, 0.4) is 0 Å². The zero-order valence-electron chi connectivity index (χ0n) is 20.9. The monoisotopic (exact) mass is 533 g/mol. The number of benzene rings is 2. The number of anilines is 2. The first kappa shape index (κ1) is 26.6. The van der Waals surface area contributed by atoms with E-state index in [2.05, 4.69) is 9.97 Å². The average Bonchev–Trinajstić information content (AvgIpc) is 3.31. The molecule has 196 valence electrons. The molecule has 0 spiro atoms. The number of thiazole rings is 1. The van der Waals surface area contributed by atoms with Gasteiger partial charge in [-0.3, -0.25) is 19.1 Å². The number of amides is 1. The zero-order chi connectivity index (χ0) is 27.2. The molecule has 0 aliphatic heterocycles. The van der Waals surface area contributed by atoms with Crippen LogP contribution < -0.4 is 21.9 Å². The van der Waals surface area contributed by atoms with Crippen molar-refractivity contribution in [3.8, 4) is 0 Å². The Labute approximate surface area is 222 Å². The Morgan fingerprint density at radius 2 is 1.84 bits per heavy atom. The van der Waals surface area contributed by atoms with Crippen molar-refractivity contribution in [2.75, 3.05) is 23.8 Å². The zero-order valence-corrected chi connectivity index (χ0v) is 21.7. The van der Waals surface area contributed by atoms with E-state index in [1.54, 1.807) is 0 Å². The maximum Gasteiger partial charge on any atom is 0.331 e. The molecular formula is C27H27N5O5S. The average molecular weight is 534 g/mol. The second-order valence-electron chi connectivity index (χ2n) is 8.92. The molecule has 1 amide bonds. The van der Waals surface area contributed by atoms with Crippen LogP contribution in [-0.4, -0.2) is 39.6 Å². The number of ether oxygens (including phenoxy) is 1. The number of nitrogens with one attached hydrogen (secondary N) is 1. The van der Waals surface area contributed by atoms with Gasteiger partial charge < -0.3 is 15.4 Å². The van der Waals surface area contributed by atoms with E-state index in [4.69, 9.17) is 10.5 Å². The van der Waals surface area contributed by atoms with E-state index in [9.17, 15) is 19.2 Å². The molecule has 0 atom stereocenters. The fourth-order valence-electron chi connectivity index (χ4n) is 3.80. The van der Waals surface area contributed by atoms with Gasteiger partial charge in [-0.2, -0.15) is 0 Å². The van der Waals surface area contributed by atoms with E-state index in [0.29, 0.717) is 5.01 Å². The Hall–Kier alpha value is -4.51. The van der Waals surface area contributed by atoms with Crippen molar-refractivity contribution in [1.82, 2.24) is 14.5 Å². The molecular weight excluding hydrogens is 506 g/mol. The molecule has 0 aliphatic carbocycles. The minimum absolute atomic E-state index is 0.0538. The summed E-state index contributed by atoms with van der Waals surface area (Å²) in [6.07, 6.45) is 2.71. The number of fused-ring (bicyclic) bond motifs is 1. The molecule has 0 saturated heterocycles. The fraction of sp³-hybridized carbons (Fsp3) is 0.222. The van der Waals surface area contributed by atoms with E-state index >= 15 is 0 Å². The number of hydrogen-bond donors (Lipinski definition) is 2. The Morgan fingerprint density at radius 3 is 2.55 bits per heavy atom. The number of carbonyl (C=O) groups excluding carboxylic acids is 2. The molecule has 11 heteroatoms. The van der Waals surface area contributed by atoms with Gasteiger partial charge in [-0.05, 0) is 29.7 Å². The normalized spacial score (nSPS) is 11.3. The molecule has 38 heavy (non-hydrogen) atoms. The first-order valence-electron chi connectivity index (χ1n) is 11.9. The van der Waals surface area contributed by atoms with Crippen LogP contribution in [0.1, 0.15) is 24.4 Å². The standard InChI is InChI=1S/C27H27N5O5S/c1-17(2)14-31(24-25(28)32(27(36)30-26(24)35)15-18-8-4-3-5-9-18)22(33)16-37-23(34)13-12-21-29-19-10-6-7-11-20(19)38-21/h3-13,17H,14-16,28H2,1-2H3,(H,30,35,36)/b13-12-. The Morgan fingerprint density at radius 1 is 1.13 bits per heavy atom. The van der Waals surface area contributed by atoms with Crippen LogP contribution in [0.25, 0.3) is 16.3 Å². The summed E-state index contributed by atoms with van der Waals surface area (Å²) < 4.78 is 7.33. The van der Waals surface area contributed by atoms with Gasteiger partial charge in [0.15, 0.2) is 12.3 Å². The third-order valence-electron chi connectivity index (χ3n) is 5.53. The van der Waals surface area contributed by atoms with Crippen LogP contribution in [0, 0.1) is 5.92 Å². The number of rotatable bonds is 9. The quantitative estimate of drug-likeness (QED) is 0.249. The largest absolute Gasteiger partial charge is 0.452 e. The number of aromatic amines is 1. The third kappa shape index (κ3) is 6.24.